The molecule has 5 aromatic carbocycles. The van der Waals surface area contributed by atoms with Crippen LogP contribution in [0.4, 0.5) is 0 Å². The Labute approximate surface area is 473 Å². The molecule has 74 heavy (non-hydrogen) atoms. The number of fused-ring (bicyclic) bond motifs is 2. The molecule has 5 aliphatic rings. The second kappa shape index (κ2) is 30.3. The van der Waals surface area contributed by atoms with Gasteiger partial charge in [0.15, 0.2) is 52.2 Å². The zero-order chi connectivity index (χ0) is 53.9. The van der Waals surface area contributed by atoms with E-state index in [0.717, 1.165) is 47.9 Å². The summed E-state index contributed by atoms with van der Waals surface area (Å²) in [4.78, 5) is 43.7. The monoisotopic (exact) mass is 1360 g/mol. The molecule has 5 aliphatic heterocycles. The minimum atomic E-state index is -1.02. The number of epoxide rings is 3. The number of carbonyl (C=O) groups is 4. The number of aromatic hydroxyl groups is 1. The fourth-order valence-corrected chi connectivity index (χ4v) is 7.65. The molecular formula is C51H50Br5ClO17. The number of rotatable bonds is 12. The molecule has 0 saturated carbocycles. The standard InChI is InChI=1S/C11H11BrO4.C11H11BrO3.C9H7BrO4.C9H9BrO3.C8H7BrO2.C3H5ClO/c1-7(13)16-11-4-8(12)2-3-10(11)15-6-9-5-14-9;1-7(13)10-4-8(12)2-3-11(10)15-6-9-5-14-9;10-5-1-2-6-7(3-5)14-8(4-13-6)9(11)12;10-6-1-2-8-9(3-6)13-7(4-11)5-12-8;1-5(10)7-4-6(9)2-3-8(7)11;4-1-3-2-5-3/h2-4,9H,5-6H2,1H3;2-4,9H,5-6H2,1H3;1-3,8H,4H2,(H,11,12);1-3,7,11H,4-5H2;2-4,11H,1H3;3H,1-2H2. The lowest BCUT2D eigenvalue weighted by molar-refractivity contribution is -0.147. The van der Waals surface area contributed by atoms with Crippen molar-refractivity contribution in [3.63, 3.8) is 0 Å². The zero-order valence-corrected chi connectivity index (χ0v) is 48.4. The van der Waals surface area contributed by atoms with Crippen molar-refractivity contribution in [1.29, 1.82) is 0 Å². The van der Waals surface area contributed by atoms with Crippen molar-refractivity contribution in [1.82, 2.24) is 0 Å². The van der Waals surface area contributed by atoms with Gasteiger partial charge in [-0.05, 0) is 105 Å². The van der Waals surface area contributed by atoms with Crippen molar-refractivity contribution in [2.24, 2.45) is 0 Å². The number of carbonyl (C=O) groups excluding carboxylic acids is 3. The predicted octanol–water partition coefficient (Wildman–Crippen LogP) is 10.8. The van der Waals surface area contributed by atoms with Gasteiger partial charge in [-0.2, -0.15) is 0 Å². The van der Waals surface area contributed by atoms with E-state index < -0.39 is 12.1 Å². The second-order valence-corrected chi connectivity index (χ2v) is 20.8. The molecule has 0 radical (unpaired) electrons. The lowest BCUT2D eigenvalue weighted by Gasteiger charge is -2.25. The fourth-order valence-electron chi connectivity index (χ4n) is 5.73. The maximum Gasteiger partial charge on any atom is 0.348 e. The molecule has 23 heteroatoms. The summed E-state index contributed by atoms with van der Waals surface area (Å²) in [5.74, 6) is 3.21. The van der Waals surface area contributed by atoms with Crippen LogP contribution < -0.4 is 33.2 Å². The van der Waals surface area contributed by atoms with Gasteiger partial charge in [0.25, 0.3) is 0 Å². The number of carboxylic acid groups (broad SMARTS) is 1. The number of hydrogen-bond donors (Lipinski definition) is 3. The SMILES string of the molecule is CC(=O)Oc1cc(Br)ccc1OCC1CO1.CC(=O)c1cc(Br)ccc1O.CC(=O)c1cc(Br)ccc1OCC1CO1.ClCC1CO1.O=C(O)C1COc2ccc(Br)cc2O1.OCC1COc2ccc(Br)cc2O1. The van der Waals surface area contributed by atoms with Crippen molar-refractivity contribution in [2.45, 2.75) is 51.3 Å². The highest BCUT2D eigenvalue weighted by Gasteiger charge is 2.28. The summed E-state index contributed by atoms with van der Waals surface area (Å²) >= 11 is 21.7. The van der Waals surface area contributed by atoms with Crippen LogP contribution in [0.3, 0.4) is 0 Å². The molecule has 3 fully saturated rings. The topological polar surface area (TPSA) is 231 Å². The molecule has 0 aliphatic carbocycles. The number of hydrogen-bond acceptors (Lipinski definition) is 16. The third-order valence-electron chi connectivity index (χ3n) is 9.72. The van der Waals surface area contributed by atoms with Crippen LogP contribution in [-0.4, -0.2) is 128 Å². The van der Waals surface area contributed by atoms with Crippen LogP contribution in [0, 0.1) is 0 Å². The number of aliphatic carboxylic acids is 1. The predicted molar refractivity (Wildman–Crippen MR) is 289 cm³/mol. The Hall–Kier alpha value is -4.49. The van der Waals surface area contributed by atoms with Gasteiger partial charge in [0.2, 0.25) is 6.10 Å². The van der Waals surface area contributed by atoms with E-state index in [-0.39, 0.29) is 54.8 Å². The smallest absolute Gasteiger partial charge is 0.348 e. The van der Waals surface area contributed by atoms with E-state index in [1.165, 1.54) is 26.8 Å². The summed E-state index contributed by atoms with van der Waals surface area (Å²) < 4.78 is 56.4. The van der Waals surface area contributed by atoms with Crippen LogP contribution in [0.1, 0.15) is 41.5 Å². The molecule has 0 bridgehead atoms. The minimum Gasteiger partial charge on any atom is -0.507 e. The van der Waals surface area contributed by atoms with Gasteiger partial charge in [-0.15, -0.1) is 11.6 Å². The van der Waals surface area contributed by atoms with Crippen molar-refractivity contribution < 1.29 is 81.9 Å². The quantitative estimate of drug-likeness (QED) is 0.0347. The summed E-state index contributed by atoms with van der Waals surface area (Å²) in [6.45, 7) is 8.10. The van der Waals surface area contributed by atoms with E-state index in [0.29, 0.717) is 77.4 Å². The Bertz CT molecular complexity index is 2700. The second-order valence-electron chi connectivity index (χ2n) is 15.9. The van der Waals surface area contributed by atoms with Gasteiger partial charge in [0.05, 0.1) is 49.5 Å². The van der Waals surface area contributed by atoms with Crippen molar-refractivity contribution in [2.75, 3.05) is 58.7 Å². The molecule has 0 amide bonds. The van der Waals surface area contributed by atoms with Crippen LogP contribution in [-0.2, 0) is 23.8 Å². The lowest BCUT2D eigenvalue weighted by atomic mass is 10.1. The summed E-state index contributed by atoms with van der Waals surface area (Å²) in [5.41, 5.74) is 0.949. The number of alkyl halides is 1. The average molecular weight is 1370 g/mol. The number of aliphatic hydroxyl groups is 1. The van der Waals surface area contributed by atoms with Crippen LogP contribution in [0.15, 0.2) is 113 Å². The molecule has 5 unspecified atom stereocenters. The first-order valence-corrected chi connectivity index (χ1v) is 26.8. The molecule has 398 valence electrons. The number of carboxylic acids is 1. The molecule has 17 nitrogen and oxygen atoms in total. The summed E-state index contributed by atoms with van der Waals surface area (Å²) in [7, 11) is 0. The van der Waals surface area contributed by atoms with Gasteiger partial charge in [0.1, 0.15) is 50.1 Å². The van der Waals surface area contributed by atoms with Gasteiger partial charge >= 0.3 is 11.9 Å². The number of ketones is 2. The molecule has 0 aromatic heterocycles. The van der Waals surface area contributed by atoms with Crippen molar-refractivity contribution in [3.8, 4) is 46.0 Å². The first-order valence-electron chi connectivity index (χ1n) is 22.3. The molecule has 5 heterocycles. The maximum atomic E-state index is 11.3. The Kier molecular flexibility index (Phi) is 24.7. The highest BCUT2D eigenvalue weighted by molar-refractivity contribution is 9.11. The van der Waals surface area contributed by atoms with E-state index in [2.05, 4.69) is 79.6 Å². The van der Waals surface area contributed by atoms with E-state index in [4.69, 9.17) is 74.3 Å². The van der Waals surface area contributed by atoms with E-state index in [9.17, 15) is 19.2 Å². The summed E-state index contributed by atoms with van der Waals surface area (Å²) in [6, 6.07) is 26.3. The fraction of sp³-hybridized carbons (Fsp3) is 0.333. The van der Waals surface area contributed by atoms with E-state index in [1.807, 2.05) is 36.4 Å². The first kappa shape index (κ1) is 60.4. The van der Waals surface area contributed by atoms with Crippen LogP contribution in [0.25, 0.3) is 0 Å². The Morgan fingerprint density at radius 3 is 1.49 bits per heavy atom. The number of phenols is 1. The number of benzene rings is 5. The molecule has 3 N–H and O–H groups in total. The third-order valence-corrected chi connectivity index (χ3v) is 12.5. The Morgan fingerprint density at radius 2 is 1.01 bits per heavy atom. The van der Waals surface area contributed by atoms with Crippen molar-refractivity contribution >= 4 is 115 Å². The van der Waals surface area contributed by atoms with Crippen LogP contribution >= 0.6 is 91.3 Å². The number of phenolic OH excluding ortho intramolecular Hbond substituents is 1. The number of esters is 1. The molecule has 10 rings (SSSR count). The lowest BCUT2D eigenvalue weighted by Crippen LogP contribution is -2.36. The van der Waals surface area contributed by atoms with Crippen molar-refractivity contribution in [3.05, 3.63) is 124 Å². The molecule has 0 spiro atoms. The molecule has 5 atom stereocenters. The van der Waals surface area contributed by atoms with Crippen LogP contribution in [0.5, 0.6) is 46.0 Å². The summed E-state index contributed by atoms with van der Waals surface area (Å²) in [6.07, 6.45) is -0.391. The minimum absolute atomic E-state index is 0.00279. The largest absolute Gasteiger partial charge is 0.507 e. The maximum absolute atomic E-state index is 11.3. The Balaban J connectivity index is 0.000000168. The molecular weight excluding hydrogens is 1320 g/mol. The first-order chi connectivity index (χ1) is 35.3. The van der Waals surface area contributed by atoms with Gasteiger partial charge in [-0.25, -0.2) is 4.79 Å². The average Bonchev–Trinajstić information content (AvgIpc) is 4.21. The van der Waals surface area contributed by atoms with Gasteiger partial charge in [-0.1, -0.05) is 79.6 Å². The normalized spacial score (nSPS) is 18.5. The van der Waals surface area contributed by atoms with Crippen LogP contribution in [0.2, 0.25) is 0 Å². The van der Waals surface area contributed by atoms with Gasteiger partial charge in [-0.3, -0.25) is 14.4 Å². The zero-order valence-electron chi connectivity index (χ0n) is 39.7. The van der Waals surface area contributed by atoms with Gasteiger partial charge < -0.3 is 62.7 Å². The summed E-state index contributed by atoms with van der Waals surface area (Å²) in [5, 5.41) is 26.7. The number of halogens is 6. The van der Waals surface area contributed by atoms with Gasteiger partial charge in [0, 0.05) is 29.3 Å². The number of Topliss-reactive ketones (excluding diaryl/α,β-unsaturated/α-hetero) is 2. The molecule has 3 saturated heterocycles. The number of ether oxygens (including phenoxy) is 10. The number of aliphatic hydroxyl groups excluding tert-OH is 1. The Morgan fingerprint density at radius 1 is 0.554 bits per heavy atom. The van der Waals surface area contributed by atoms with E-state index >= 15 is 0 Å². The third kappa shape index (κ3) is 21.6. The highest BCUT2D eigenvalue weighted by atomic mass is 79.9. The highest BCUT2D eigenvalue weighted by Crippen LogP contribution is 2.36. The molecule has 5 aromatic rings. The van der Waals surface area contributed by atoms with E-state index in [1.54, 1.807) is 48.5 Å².